The third kappa shape index (κ3) is 2.45. The molecule has 0 saturated carbocycles. The van der Waals surface area contributed by atoms with Gasteiger partial charge in [0.15, 0.2) is 0 Å². The number of nitrogen functional groups attached to an aromatic ring is 1. The summed E-state index contributed by atoms with van der Waals surface area (Å²) < 4.78 is 1.81. The second kappa shape index (κ2) is 4.97. The Labute approximate surface area is 99.9 Å². The number of pyridine rings is 1. The van der Waals surface area contributed by atoms with Crippen LogP contribution in [0, 0.1) is 0 Å². The van der Waals surface area contributed by atoms with Crippen LogP contribution in [-0.4, -0.2) is 19.9 Å². The molecule has 2 rings (SSSR count). The van der Waals surface area contributed by atoms with Gasteiger partial charge in [-0.05, 0) is 12.5 Å². The molecule has 1 atom stereocenters. The maximum Gasteiger partial charge on any atom is 0.129 e. The zero-order chi connectivity index (χ0) is 12.3. The van der Waals surface area contributed by atoms with Crippen LogP contribution in [0.1, 0.15) is 30.6 Å². The fraction of sp³-hybridized carbons (Fsp3) is 0.333. The zero-order valence-electron chi connectivity index (χ0n) is 9.74. The van der Waals surface area contributed by atoms with E-state index in [9.17, 15) is 5.11 Å². The van der Waals surface area contributed by atoms with E-state index in [1.807, 2.05) is 10.9 Å². The molecule has 0 amide bonds. The number of hydrogen-bond donors (Lipinski definition) is 2. The van der Waals surface area contributed by atoms with Crippen molar-refractivity contribution in [3.63, 3.8) is 0 Å². The van der Waals surface area contributed by atoms with Crippen molar-refractivity contribution in [2.45, 2.75) is 26.0 Å². The molecule has 2 aromatic heterocycles. The second-order valence-electron chi connectivity index (χ2n) is 3.92. The summed E-state index contributed by atoms with van der Waals surface area (Å²) in [6.07, 6.45) is 5.33. The average Bonchev–Trinajstić information content (AvgIpc) is 2.78. The standard InChI is InChI=1S/C12H16N4O/c1-2-6-16-8-9(7-15-16)11(17)10-4-3-5-14-12(10)13/h3-5,7-8,11,17H,2,6H2,1H3,(H2,13,14). The molecule has 5 heteroatoms. The van der Waals surface area contributed by atoms with E-state index in [1.165, 1.54) is 0 Å². The lowest BCUT2D eigenvalue weighted by Gasteiger charge is -2.10. The summed E-state index contributed by atoms with van der Waals surface area (Å²) in [5, 5.41) is 14.4. The molecule has 0 aliphatic rings. The van der Waals surface area contributed by atoms with E-state index >= 15 is 0 Å². The molecular weight excluding hydrogens is 216 g/mol. The average molecular weight is 232 g/mol. The van der Waals surface area contributed by atoms with Gasteiger partial charge in [-0.3, -0.25) is 4.68 Å². The smallest absolute Gasteiger partial charge is 0.129 e. The van der Waals surface area contributed by atoms with Gasteiger partial charge in [0, 0.05) is 30.1 Å². The van der Waals surface area contributed by atoms with Crippen molar-refractivity contribution in [2.75, 3.05) is 5.73 Å². The quantitative estimate of drug-likeness (QED) is 0.834. The lowest BCUT2D eigenvalue weighted by molar-refractivity contribution is 0.220. The molecule has 2 heterocycles. The van der Waals surface area contributed by atoms with Crippen LogP contribution < -0.4 is 5.73 Å². The first-order valence-corrected chi connectivity index (χ1v) is 5.63. The number of nitrogens with zero attached hydrogens (tertiary/aromatic N) is 3. The highest BCUT2D eigenvalue weighted by molar-refractivity contribution is 5.43. The molecule has 0 saturated heterocycles. The highest BCUT2D eigenvalue weighted by atomic mass is 16.3. The molecule has 0 radical (unpaired) electrons. The van der Waals surface area contributed by atoms with E-state index in [0.717, 1.165) is 18.5 Å². The summed E-state index contributed by atoms with van der Waals surface area (Å²) in [5.41, 5.74) is 7.07. The van der Waals surface area contributed by atoms with E-state index in [2.05, 4.69) is 17.0 Å². The number of aromatic nitrogens is 3. The molecule has 0 aromatic carbocycles. The minimum atomic E-state index is -0.769. The monoisotopic (exact) mass is 232 g/mol. The number of rotatable bonds is 4. The van der Waals surface area contributed by atoms with Crippen molar-refractivity contribution in [3.05, 3.63) is 41.9 Å². The predicted molar refractivity (Wildman–Crippen MR) is 65.2 cm³/mol. The summed E-state index contributed by atoms with van der Waals surface area (Å²) in [5.74, 6) is 0.350. The fourth-order valence-corrected chi connectivity index (χ4v) is 1.71. The highest BCUT2D eigenvalue weighted by Crippen LogP contribution is 2.24. The molecule has 1 unspecified atom stereocenters. The lowest BCUT2D eigenvalue weighted by Crippen LogP contribution is -2.04. The molecule has 2 aromatic rings. The molecule has 17 heavy (non-hydrogen) atoms. The molecule has 90 valence electrons. The van der Waals surface area contributed by atoms with Crippen LogP contribution in [0.4, 0.5) is 5.82 Å². The van der Waals surface area contributed by atoms with Crippen molar-refractivity contribution in [3.8, 4) is 0 Å². The molecule has 0 spiro atoms. The molecular formula is C12H16N4O. The Balaban J connectivity index is 2.24. The van der Waals surface area contributed by atoms with Crippen molar-refractivity contribution >= 4 is 5.82 Å². The van der Waals surface area contributed by atoms with Gasteiger partial charge in [0.1, 0.15) is 11.9 Å². The summed E-state index contributed by atoms with van der Waals surface area (Å²) in [4.78, 5) is 3.96. The predicted octanol–water partition coefficient (Wildman–Crippen LogP) is 1.35. The minimum Gasteiger partial charge on any atom is -0.383 e. The molecule has 0 aliphatic heterocycles. The van der Waals surface area contributed by atoms with Gasteiger partial charge in [-0.15, -0.1) is 0 Å². The normalized spacial score (nSPS) is 12.6. The van der Waals surface area contributed by atoms with E-state index in [1.54, 1.807) is 24.5 Å². The van der Waals surface area contributed by atoms with E-state index in [0.29, 0.717) is 11.4 Å². The van der Waals surface area contributed by atoms with E-state index < -0.39 is 6.10 Å². The summed E-state index contributed by atoms with van der Waals surface area (Å²) >= 11 is 0. The highest BCUT2D eigenvalue weighted by Gasteiger charge is 2.15. The van der Waals surface area contributed by atoms with E-state index in [-0.39, 0.29) is 0 Å². The largest absolute Gasteiger partial charge is 0.383 e. The Bertz CT molecular complexity index is 495. The number of nitrogens with two attached hydrogens (primary N) is 1. The van der Waals surface area contributed by atoms with E-state index in [4.69, 9.17) is 5.73 Å². The number of aliphatic hydroxyl groups excluding tert-OH is 1. The molecule has 5 nitrogen and oxygen atoms in total. The third-order valence-corrected chi connectivity index (χ3v) is 2.59. The molecule has 0 bridgehead atoms. The number of aliphatic hydroxyl groups is 1. The van der Waals surface area contributed by atoms with Gasteiger partial charge < -0.3 is 10.8 Å². The summed E-state index contributed by atoms with van der Waals surface area (Å²) in [6.45, 7) is 2.92. The van der Waals surface area contributed by atoms with Crippen LogP contribution >= 0.6 is 0 Å². The van der Waals surface area contributed by atoms with Gasteiger partial charge in [0.25, 0.3) is 0 Å². The zero-order valence-corrected chi connectivity index (χ0v) is 9.74. The number of anilines is 1. The van der Waals surface area contributed by atoms with Gasteiger partial charge in [-0.2, -0.15) is 5.10 Å². The van der Waals surface area contributed by atoms with Gasteiger partial charge in [0.2, 0.25) is 0 Å². The minimum absolute atomic E-state index is 0.350. The van der Waals surface area contributed by atoms with Crippen LogP contribution in [0.25, 0.3) is 0 Å². The van der Waals surface area contributed by atoms with Crippen LogP contribution in [0.3, 0.4) is 0 Å². The lowest BCUT2D eigenvalue weighted by atomic mass is 10.1. The third-order valence-electron chi connectivity index (χ3n) is 2.59. The maximum atomic E-state index is 10.2. The first-order valence-electron chi connectivity index (χ1n) is 5.63. The summed E-state index contributed by atoms with van der Waals surface area (Å²) in [6, 6.07) is 3.52. The molecule has 0 aliphatic carbocycles. The Morgan fingerprint density at radius 3 is 3.06 bits per heavy atom. The summed E-state index contributed by atoms with van der Waals surface area (Å²) in [7, 11) is 0. The van der Waals surface area contributed by atoms with Gasteiger partial charge in [-0.25, -0.2) is 4.98 Å². The topological polar surface area (TPSA) is 77.0 Å². The molecule has 0 fully saturated rings. The Morgan fingerprint density at radius 1 is 1.53 bits per heavy atom. The Morgan fingerprint density at radius 2 is 2.35 bits per heavy atom. The number of hydrogen-bond acceptors (Lipinski definition) is 4. The Hall–Kier alpha value is -1.88. The Kier molecular flexibility index (Phi) is 3.39. The van der Waals surface area contributed by atoms with Gasteiger partial charge in [-0.1, -0.05) is 13.0 Å². The second-order valence-corrected chi connectivity index (χ2v) is 3.92. The number of aryl methyl sites for hydroxylation is 1. The van der Waals surface area contributed by atoms with Crippen molar-refractivity contribution in [2.24, 2.45) is 0 Å². The fourth-order valence-electron chi connectivity index (χ4n) is 1.71. The first kappa shape index (κ1) is 11.6. The van der Waals surface area contributed by atoms with Crippen LogP contribution in [0.2, 0.25) is 0 Å². The van der Waals surface area contributed by atoms with Crippen LogP contribution in [0.5, 0.6) is 0 Å². The van der Waals surface area contributed by atoms with Crippen molar-refractivity contribution in [1.82, 2.24) is 14.8 Å². The van der Waals surface area contributed by atoms with Gasteiger partial charge >= 0.3 is 0 Å². The first-order chi connectivity index (χ1) is 8.22. The van der Waals surface area contributed by atoms with Gasteiger partial charge in [0.05, 0.1) is 6.20 Å². The maximum absolute atomic E-state index is 10.2. The van der Waals surface area contributed by atoms with Crippen molar-refractivity contribution in [1.29, 1.82) is 0 Å². The SMILES string of the molecule is CCCn1cc(C(O)c2cccnc2N)cn1. The van der Waals surface area contributed by atoms with Crippen LogP contribution in [-0.2, 0) is 6.54 Å². The van der Waals surface area contributed by atoms with Crippen molar-refractivity contribution < 1.29 is 5.11 Å². The molecule has 3 N–H and O–H groups in total. The van der Waals surface area contributed by atoms with Crippen LogP contribution in [0.15, 0.2) is 30.7 Å².